The Morgan fingerprint density at radius 2 is 2.31 bits per heavy atom. The van der Waals surface area contributed by atoms with Crippen LogP contribution in [0.5, 0.6) is 0 Å². The number of benzene rings is 1. The van der Waals surface area contributed by atoms with Gasteiger partial charge >= 0.3 is 5.97 Å². The summed E-state index contributed by atoms with van der Waals surface area (Å²) in [5.41, 5.74) is 1.30. The molecule has 4 heteroatoms. The zero-order chi connectivity index (χ0) is 11.7. The van der Waals surface area contributed by atoms with Gasteiger partial charge in [-0.05, 0) is 25.0 Å². The SMILES string of the molecule is CCOC(=O)C1Cc2c(Cl)cccc2C1=O. The van der Waals surface area contributed by atoms with Crippen molar-refractivity contribution in [3.8, 4) is 0 Å². The summed E-state index contributed by atoms with van der Waals surface area (Å²) in [5, 5.41) is 0.539. The first-order valence-electron chi connectivity index (χ1n) is 5.13. The molecule has 2 rings (SSSR count). The monoisotopic (exact) mass is 238 g/mol. The largest absolute Gasteiger partial charge is 0.465 e. The number of hydrogen-bond donors (Lipinski definition) is 0. The first-order chi connectivity index (χ1) is 7.65. The number of esters is 1. The van der Waals surface area contributed by atoms with Gasteiger partial charge in [0.25, 0.3) is 0 Å². The molecule has 0 bridgehead atoms. The zero-order valence-corrected chi connectivity index (χ0v) is 9.58. The zero-order valence-electron chi connectivity index (χ0n) is 8.83. The Labute approximate surface area is 98.4 Å². The molecule has 1 aliphatic rings. The van der Waals surface area contributed by atoms with E-state index in [1.54, 1.807) is 25.1 Å². The summed E-state index contributed by atoms with van der Waals surface area (Å²) in [6, 6.07) is 5.14. The third kappa shape index (κ3) is 1.71. The number of ether oxygens (including phenoxy) is 1. The van der Waals surface area contributed by atoms with E-state index in [0.29, 0.717) is 17.0 Å². The topological polar surface area (TPSA) is 43.4 Å². The lowest BCUT2D eigenvalue weighted by Gasteiger charge is -2.06. The van der Waals surface area contributed by atoms with Gasteiger partial charge in [-0.25, -0.2) is 0 Å². The van der Waals surface area contributed by atoms with E-state index in [9.17, 15) is 9.59 Å². The van der Waals surface area contributed by atoms with Crippen LogP contribution in [0.25, 0.3) is 0 Å². The molecule has 1 atom stereocenters. The van der Waals surface area contributed by atoms with Crippen LogP contribution in [0.15, 0.2) is 18.2 Å². The van der Waals surface area contributed by atoms with Crippen molar-refractivity contribution in [2.75, 3.05) is 6.61 Å². The van der Waals surface area contributed by atoms with Crippen LogP contribution in [0.2, 0.25) is 5.02 Å². The highest BCUT2D eigenvalue weighted by Gasteiger charge is 2.37. The molecule has 0 N–H and O–H groups in total. The molecule has 3 nitrogen and oxygen atoms in total. The molecule has 0 amide bonds. The van der Waals surface area contributed by atoms with Crippen LogP contribution in [-0.4, -0.2) is 18.4 Å². The van der Waals surface area contributed by atoms with Gasteiger partial charge in [-0.15, -0.1) is 0 Å². The van der Waals surface area contributed by atoms with Crippen LogP contribution in [0.3, 0.4) is 0 Å². The van der Waals surface area contributed by atoms with Crippen LogP contribution in [0.1, 0.15) is 22.8 Å². The molecule has 0 saturated heterocycles. The van der Waals surface area contributed by atoms with Crippen LogP contribution in [-0.2, 0) is 16.0 Å². The van der Waals surface area contributed by atoms with Crippen molar-refractivity contribution < 1.29 is 14.3 Å². The number of hydrogen-bond acceptors (Lipinski definition) is 3. The summed E-state index contributed by atoms with van der Waals surface area (Å²) in [7, 11) is 0. The Hall–Kier alpha value is -1.35. The third-order valence-electron chi connectivity index (χ3n) is 2.68. The van der Waals surface area contributed by atoms with Crippen LogP contribution >= 0.6 is 11.6 Å². The molecule has 16 heavy (non-hydrogen) atoms. The fourth-order valence-electron chi connectivity index (χ4n) is 1.91. The fraction of sp³-hybridized carbons (Fsp3) is 0.333. The highest BCUT2D eigenvalue weighted by Crippen LogP contribution is 2.32. The summed E-state index contributed by atoms with van der Waals surface area (Å²) in [4.78, 5) is 23.5. The van der Waals surface area contributed by atoms with Crippen molar-refractivity contribution in [2.45, 2.75) is 13.3 Å². The van der Waals surface area contributed by atoms with Gasteiger partial charge in [0.2, 0.25) is 0 Å². The van der Waals surface area contributed by atoms with Crippen molar-refractivity contribution >= 4 is 23.4 Å². The van der Waals surface area contributed by atoms with Gasteiger partial charge in [0.1, 0.15) is 5.92 Å². The number of ketones is 1. The van der Waals surface area contributed by atoms with Gasteiger partial charge in [-0.3, -0.25) is 9.59 Å². The standard InChI is InChI=1S/C12H11ClO3/c1-2-16-12(15)9-6-8-7(11(9)14)4-3-5-10(8)13/h3-5,9H,2,6H2,1H3. The van der Waals surface area contributed by atoms with Crippen LogP contribution < -0.4 is 0 Å². The van der Waals surface area contributed by atoms with Crippen molar-refractivity contribution in [2.24, 2.45) is 5.92 Å². The summed E-state index contributed by atoms with van der Waals surface area (Å²) >= 11 is 5.98. The number of rotatable bonds is 2. The maximum Gasteiger partial charge on any atom is 0.317 e. The lowest BCUT2D eigenvalue weighted by molar-refractivity contribution is -0.145. The minimum absolute atomic E-state index is 0.184. The van der Waals surface area contributed by atoms with E-state index in [4.69, 9.17) is 16.3 Å². The molecule has 1 unspecified atom stereocenters. The van der Waals surface area contributed by atoms with E-state index in [1.165, 1.54) is 0 Å². The summed E-state index contributed by atoms with van der Waals surface area (Å²) in [5.74, 6) is -1.36. The van der Waals surface area contributed by atoms with E-state index in [1.807, 2.05) is 0 Å². The first-order valence-corrected chi connectivity index (χ1v) is 5.51. The summed E-state index contributed by atoms with van der Waals surface area (Å²) < 4.78 is 4.86. The maximum atomic E-state index is 11.9. The minimum Gasteiger partial charge on any atom is -0.465 e. The first kappa shape index (κ1) is 11.1. The van der Waals surface area contributed by atoms with Crippen molar-refractivity contribution in [1.29, 1.82) is 0 Å². The Morgan fingerprint density at radius 3 is 2.94 bits per heavy atom. The number of halogens is 1. The van der Waals surface area contributed by atoms with Gasteiger partial charge in [0, 0.05) is 10.6 Å². The van der Waals surface area contributed by atoms with Gasteiger partial charge in [-0.1, -0.05) is 23.7 Å². The molecule has 0 fully saturated rings. The molecule has 0 radical (unpaired) electrons. The Kier molecular flexibility index (Phi) is 2.97. The Balaban J connectivity index is 2.31. The number of carbonyl (C=O) groups excluding carboxylic acids is 2. The molecule has 0 saturated carbocycles. The average molecular weight is 239 g/mol. The predicted molar refractivity (Wildman–Crippen MR) is 59.6 cm³/mol. The van der Waals surface area contributed by atoms with E-state index in [-0.39, 0.29) is 12.4 Å². The average Bonchev–Trinajstić information content (AvgIpc) is 2.59. The van der Waals surface area contributed by atoms with E-state index >= 15 is 0 Å². The lowest BCUT2D eigenvalue weighted by atomic mass is 10.1. The molecule has 0 aromatic heterocycles. The number of carbonyl (C=O) groups is 2. The molecule has 0 spiro atoms. The smallest absolute Gasteiger partial charge is 0.317 e. The Bertz CT molecular complexity index is 454. The van der Waals surface area contributed by atoms with Crippen molar-refractivity contribution in [3.63, 3.8) is 0 Å². The number of Topliss-reactive ketones (excluding diaryl/α,β-unsaturated/α-hetero) is 1. The summed E-state index contributed by atoms with van der Waals surface area (Å²) in [6.07, 6.45) is 0.354. The van der Waals surface area contributed by atoms with Crippen molar-refractivity contribution in [3.05, 3.63) is 34.3 Å². The van der Waals surface area contributed by atoms with E-state index < -0.39 is 11.9 Å². The highest BCUT2D eigenvalue weighted by molar-refractivity contribution is 6.32. The van der Waals surface area contributed by atoms with Gasteiger partial charge in [0.05, 0.1) is 6.61 Å². The van der Waals surface area contributed by atoms with Gasteiger partial charge in [0.15, 0.2) is 5.78 Å². The molecular formula is C12H11ClO3. The van der Waals surface area contributed by atoms with Gasteiger partial charge in [-0.2, -0.15) is 0 Å². The molecule has 1 aromatic rings. The normalized spacial score (nSPS) is 18.4. The van der Waals surface area contributed by atoms with Crippen LogP contribution in [0, 0.1) is 5.92 Å². The second-order valence-electron chi connectivity index (χ2n) is 3.64. The molecule has 1 aromatic carbocycles. The minimum atomic E-state index is -0.713. The molecular weight excluding hydrogens is 228 g/mol. The van der Waals surface area contributed by atoms with Crippen LogP contribution in [0.4, 0.5) is 0 Å². The molecule has 1 aliphatic carbocycles. The molecule has 0 heterocycles. The fourth-order valence-corrected chi connectivity index (χ4v) is 2.17. The van der Waals surface area contributed by atoms with E-state index in [2.05, 4.69) is 0 Å². The van der Waals surface area contributed by atoms with Crippen molar-refractivity contribution in [1.82, 2.24) is 0 Å². The second kappa shape index (κ2) is 4.26. The van der Waals surface area contributed by atoms with Gasteiger partial charge < -0.3 is 4.74 Å². The molecule has 0 aliphatic heterocycles. The lowest BCUT2D eigenvalue weighted by Crippen LogP contribution is -2.23. The highest BCUT2D eigenvalue weighted by atomic mass is 35.5. The maximum absolute atomic E-state index is 11.9. The number of fused-ring (bicyclic) bond motifs is 1. The predicted octanol–water partition coefficient (Wildman–Crippen LogP) is 2.26. The second-order valence-corrected chi connectivity index (χ2v) is 4.05. The quantitative estimate of drug-likeness (QED) is 0.586. The Morgan fingerprint density at radius 1 is 1.56 bits per heavy atom. The van der Waals surface area contributed by atoms with E-state index in [0.717, 1.165) is 5.56 Å². The molecule has 84 valence electrons. The summed E-state index contributed by atoms with van der Waals surface area (Å²) in [6.45, 7) is 2.00. The third-order valence-corrected chi connectivity index (χ3v) is 3.03.